The van der Waals surface area contributed by atoms with E-state index >= 15 is 0 Å². The first-order valence-corrected chi connectivity index (χ1v) is 5.61. The quantitative estimate of drug-likeness (QED) is 0.727. The summed E-state index contributed by atoms with van der Waals surface area (Å²) in [4.78, 5) is 2.28. The lowest BCUT2D eigenvalue weighted by Crippen LogP contribution is -2.40. The molecule has 1 atom stereocenters. The van der Waals surface area contributed by atoms with Crippen molar-refractivity contribution >= 4 is 0 Å². The lowest BCUT2D eigenvalue weighted by Gasteiger charge is -2.32. The zero-order valence-corrected chi connectivity index (χ0v) is 9.41. The molecule has 3 nitrogen and oxygen atoms in total. The molecule has 1 fully saturated rings. The molecule has 1 saturated carbocycles. The molecule has 0 saturated heterocycles. The number of rotatable bonds is 5. The Hall–Kier alpha value is -0.120. The highest BCUT2D eigenvalue weighted by Crippen LogP contribution is 2.21. The zero-order chi connectivity index (χ0) is 10.4. The van der Waals surface area contributed by atoms with Gasteiger partial charge in [-0.25, -0.2) is 0 Å². The van der Waals surface area contributed by atoms with Gasteiger partial charge in [0.1, 0.15) is 0 Å². The van der Waals surface area contributed by atoms with Crippen LogP contribution in [0.15, 0.2) is 0 Å². The summed E-state index contributed by atoms with van der Waals surface area (Å²) in [5, 5.41) is 9.58. The van der Waals surface area contributed by atoms with Crippen molar-refractivity contribution < 1.29 is 9.84 Å². The molecular formula is C11H23NO2. The molecule has 0 bridgehead atoms. The third-order valence-electron chi connectivity index (χ3n) is 3.06. The van der Waals surface area contributed by atoms with Gasteiger partial charge in [0.2, 0.25) is 0 Å². The Morgan fingerprint density at radius 3 is 2.57 bits per heavy atom. The molecule has 1 aliphatic carbocycles. The smallest absolute Gasteiger partial charge is 0.0900 e. The van der Waals surface area contributed by atoms with Gasteiger partial charge in [0.25, 0.3) is 0 Å². The van der Waals surface area contributed by atoms with Crippen LogP contribution >= 0.6 is 0 Å². The van der Waals surface area contributed by atoms with E-state index in [0.29, 0.717) is 12.6 Å². The summed E-state index contributed by atoms with van der Waals surface area (Å²) in [5.41, 5.74) is 0. The van der Waals surface area contributed by atoms with E-state index in [1.165, 1.54) is 32.1 Å². The van der Waals surface area contributed by atoms with Gasteiger partial charge in [0, 0.05) is 19.7 Å². The number of hydrogen-bond donors (Lipinski definition) is 1. The minimum Gasteiger partial charge on any atom is -0.389 e. The van der Waals surface area contributed by atoms with Crippen LogP contribution < -0.4 is 0 Å². The number of aliphatic hydroxyl groups excluding tert-OH is 1. The molecule has 0 aliphatic heterocycles. The highest BCUT2D eigenvalue weighted by atomic mass is 16.5. The van der Waals surface area contributed by atoms with Crippen molar-refractivity contribution in [2.75, 3.05) is 27.3 Å². The van der Waals surface area contributed by atoms with E-state index in [2.05, 4.69) is 11.9 Å². The van der Waals surface area contributed by atoms with Gasteiger partial charge in [0.05, 0.1) is 12.7 Å². The van der Waals surface area contributed by atoms with Crippen LogP contribution in [0.1, 0.15) is 32.1 Å². The van der Waals surface area contributed by atoms with Gasteiger partial charge < -0.3 is 14.7 Å². The van der Waals surface area contributed by atoms with E-state index in [9.17, 15) is 5.11 Å². The molecule has 1 aliphatic rings. The molecule has 1 N–H and O–H groups in total. The average Bonchev–Trinajstić information content (AvgIpc) is 2.19. The van der Waals surface area contributed by atoms with Gasteiger partial charge in [-0.2, -0.15) is 0 Å². The minimum atomic E-state index is -0.341. The molecule has 0 spiro atoms. The summed E-state index contributed by atoms with van der Waals surface area (Å²) < 4.78 is 4.92. The van der Waals surface area contributed by atoms with Gasteiger partial charge in [0.15, 0.2) is 0 Å². The number of hydrogen-bond acceptors (Lipinski definition) is 3. The second-order valence-electron chi connectivity index (χ2n) is 4.34. The van der Waals surface area contributed by atoms with Crippen LogP contribution in [0.5, 0.6) is 0 Å². The molecule has 0 radical (unpaired) electrons. The number of likely N-dealkylation sites (N-methyl/N-ethyl adjacent to an activating group) is 1. The predicted octanol–water partition coefficient (Wildman–Crippen LogP) is 1.26. The number of methoxy groups -OCH3 is 1. The fourth-order valence-corrected chi connectivity index (χ4v) is 2.25. The Bertz CT molecular complexity index is 146. The number of aliphatic hydroxyl groups is 1. The van der Waals surface area contributed by atoms with Gasteiger partial charge in [-0.15, -0.1) is 0 Å². The van der Waals surface area contributed by atoms with Crippen LogP contribution in [0.3, 0.4) is 0 Å². The van der Waals surface area contributed by atoms with Crippen molar-refractivity contribution in [3.63, 3.8) is 0 Å². The van der Waals surface area contributed by atoms with E-state index in [1.54, 1.807) is 7.11 Å². The molecule has 3 heteroatoms. The first-order chi connectivity index (χ1) is 6.74. The van der Waals surface area contributed by atoms with E-state index in [1.807, 2.05) is 0 Å². The van der Waals surface area contributed by atoms with Crippen LogP contribution in [-0.2, 0) is 4.74 Å². The number of ether oxygens (including phenoxy) is 1. The van der Waals surface area contributed by atoms with Crippen molar-refractivity contribution in [3.8, 4) is 0 Å². The fraction of sp³-hybridized carbons (Fsp3) is 1.00. The lowest BCUT2D eigenvalue weighted by molar-refractivity contribution is 0.0299. The zero-order valence-electron chi connectivity index (χ0n) is 9.41. The number of nitrogens with zero attached hydrogens (tertiary/aromatic N) is 1. The van der Waals surface area contributed by atoms with Gasteiger partial charge in [-0.3, -0.25) is 0 Å². The Morgan fingerprint density at radius 2 is 2.00 bits per heavy atom. The van der Waals surface area contributed by atoms with Crippen LogP contribution in [0.25, 0.3) is 0 Å². The molecule has 84 valence electrons. The Kier molecular flexibility index (Phi) is 5.45. The monoisotopic (exact) mass is 201 g/mol. The molecule has 1 unspecified atom stereocenters. The van der Waals surface area contributed by atoms with E-state index < -0.39 is 0 Å². The van der Waals surface area contributed by atoms with Crippen LogP contribution in [-0.4, -0.2) is 49.5 Å². The second-order valence-corrected chi connectivity index (χ2v) is 4.34. The van der Waals surface area contributed by atoms with Gasteiger partial charge >= 0.3 is 0 Å². The maximum absolute atomic E-state index is 9.58. The summed E-state index contributed by atoms with van der Waals surface area (Å²) in [5.74, 6) is 0. The van der Waals surface area contributed by atoms with Crippen molar-refractivity contribution in [1.82, 2.24) is 4.90 Å². The van der Waals surface area contributed by atoms with E-state index in [4.69, 9.17) is 4.74 Å². The van der Waals surface area contributed by atoms with Crippen molar-refractivity contribution in [1.29, 1.82) is 0 Å². The van der Waals surface area contributed by atoms with Crippen LogP contribution in [0.2, 0.25) is 0 Å². The second kappa shape index (κ2) is 6.38. The Labute approximate surface area is 87.1 Å². The van der Waals surface area contributed by atoms with E-state index in [-0.39, 0.29) is 6.10 Å². The molecule has 0 aromatic carbocycles. The SMILES string of the molecule is COCC(O)CN(C)C1CCCCC1. The third-order valence-corrected chi connectivity index (χ3v) is 3.06. The van der Waals surface area contributed by atoms with E-state index in [0.717, 1.165) is 6.54 Å². The molecular weight excluding hydrogens is 178 g/mol. The highest BCUT2D eigenvalue weighted by molar-refractivity contribution is 4.75. The van der Waals surface area contributed by atoms with Crippen molar-refractivity contribution in [3.05, 3.63) is 0 Å². The molecule has 0 aromatic rings. The van der Waals surface area contributed by atoms with Crippen LogP contribution in [0.4, 0.5) is 0 Å². The van der Waals surface area contributed by atoms with Gasteiger partial charge in [-0.05, 0) is 19.9 Å². The maximum atomic E-state index is 9.58. The van der Waals surface area contributed by atoms with Crippen molar-refractivity contribution in [2.24, 2.45) is 0 Å². The molecule has 14 heavy (non-hydrogen) atoms. The highest BCUT2D eigenvalue weighted by Gasteiger charge is 2.19. The summed E-state index contributed by atoms with van der Waals surface area (Å²) in [6.45, 7) is 1.18. The van der Waals surface area contributed by atoms with Gasteiger partial charge in [-0.1, -0.05) is 19.3 Å². The molecule has 0 heterocycles. The summed E-state index contributed by atoms with van der Waals surface area (Å²) >= 11 is 0. The molecule has 1 rings (SSSR count). The van der Waals surface area contributed by atoms with Crippen molar-refractivity contribution in [2.45, 2.75) is 44.2 Å². The normalized spacial score (nSPS) is 21.4. The maximum Gasteiger partial charge on any atom is 0.0900 e. The molecule has 0 amide bonds. The Balaban J connectivity index is 2.21. The third kappa shape index (κ3) is 3.95. The summed E-state index contributed by atoms with van der Waals surface area (Å²) in [7, 11) is 3.73. The molecule has 0 aromatic heterocycles. The topological polar surface area (TPSA) is 32.7 Å². The minimum absolute atomic E-state index is 0.341. The summed E-state index contributed by atoms with van der Waals surface area (Å²) in [6.07, 6.45) is 6.30. The van der Waals surface area contributed by atoms with Crippen LogP contribution in [0, 0.1) is 0 Å². The first-order valence-electron chi connectivity index (χ1n) is 5.61. The lowest BCUT2D eigenvalue weighted by atomic mass is 9.94. The summed E-state index contributed by atoms with van der Waals surface area (Å²) in [6, 6.07) is 0.676. The average molecular weight is 201 g/mol. The fourth-order valence-electron chi connectivity index (χ4n) is 2.25. The Morgan fingerprint density at radius 1 is 1.36 bits per heavy atom. The first kappa shape index (κ1) is 12.0. The standard InChI is InChI=1S/C11H23NO2/c1-12(8-11(13)9-14-2)10-6-4-3-5-7-10/h10-11,13H,3-9H2,1-2H3. The largest absolute Gasteiger partial charge is 0.389 e. The predicted molar refractivity (Wildman–Crippen MR) is 57.4 cm³/mol.